The highest BCUT2D eigenvalue weighted by molar-refractivity contribution is 5.78. The van der Waals surface area contributed by atoms with Gasteiger partial charge in [0.1, 0.15) is 0 Å². The lowest BCUT2D eigenvalue weighted by atomic mass is 10.1. The van der Waals surface area contributed by atoms with Crippen molar-refractivity contribution in [2.24, 2.45) is 11.7 Å². The maximum atomic E-state index is 11.2. The summed E-state index contributed by atoms with van der Waals surface area (Å²) in [5, 5.41) is 3.19. The van der Waals surface area contributed by atoms with E-state index in [0.717, 1.165) is 26.1 Å². The van der Waals surface area contributed by atoms with Crippen LogP contribution in [-0.4, -0.2) is 26.0 Å². The number of hydrogen-bond donors (Lipinski definition) is 2. The highest BCUT2D eigenvalue weighted by atomic mass is 16.1. The Bertz CT molecular complexity index is 445. The van der Waals surface area contributed by atoms with Crippen molar-refractivity contribution in [3.63, 3.8) is 0 Å². The molecule has 18 heavy (non-hydrogen) atoms. The van der Waals surface area contributed by atoms with Crippen molar-refractivity contribution in [1.29, 1.82) is 0 Å². The average molecular weight is 247 g/mol. The molecule has 0 aliphatic carbocycles. The zero-order chi connectivity index (χ0) is 13.1. The molecule has 0 aromatic heterocycles. The van der Waals surface area contributed by atoms with Crippen LogP contribution >= 0.6 is 0 Å². The van der Waals surface area contributed by atoms with E-state index in [0.29, 0.717) is 0 Å². The summed E-state index contributed by atoms with van der Waals surface area (Å²) in [4.78, 5) is 13.5. The number of aryl methyl sites for hydroxylation is 1. The SMILES string of the molecule is CNCc1cc(C)ccc1N1CCC(C(N)=O)C1. The molecule has 1 aromatic rings. The van der Waals surface area contributed by atoms with Gasteiger partial charge in [0.05, 0.1) is 5.92 Å². The summed E-state index contributed by atoms with van der Waals surface area (Å²) in [5.74, 6) is -0.187. The van der Waals surface area contributed by atoms with Gasteiger partial charge in [0.25, 0.3) is 0 Å². The zero-order valence-corrected chi connectivity index (χ0v) is 11.1. The van der Waals surface area contributed by atoms with E-state index >= 15 is 0 Å². The Balaban J connectivity index is 2.20. The number of nitrogens with zero attached hydrogens (tertiary/aromatic N) is 1. The van der Waals surface area contributed by atoms with Crippen molar-refractivity contribution in [3.05, 3.63) is 29.3 Å². The minimum atomic E-state index is -0.181. The molecular formula is C14H21N3O. The minimum Gasteiger partial charge on any atom is -0.370 e. The van der Waals surface area contributed by atoms with Crippen molar-refractivity contribution < 1.29 is 4.79 Å². The molecule has 1 fully saturated rings. The summed E-state index contributed by atoms with van der Waals surface area (Å²) in [6.07, 6.45) is 0.863. The lowest BCUT2D eigenvalue weighted by Crippen LogP contribution is -2.28. The molecule has 4 heteroatoms. The summed E-state index contributed by atoms with van der Waals surface area (Å²) in [6, 6.07) is 6.46. The zero-order valence-electron chi connectivity index (χ0n) is 11.1. The molecule has 1 aromatic carbocycles. The van der Waals surface area contributed by atoms with E-state index in [9.17, 15) is 4.79 Å². The van der Waals surface area contributed by atoms with E-state index < -0.39 is 0 Å². The third-order valence-electron chi connectivity index (χ3n) is 3.53. The second kappa shape index (κ2) is 5.40. The molecule has 1 aliphatic rings. The lowest BCUT2D eigenvalue weighted by molar-refractivity contribution is -0.121. The van der Waals surface area contributed by atoms with Gasteiger partial charge in [-0.15, -0.1) is 0 Å². The first-order valence-corrected chi connectivity index (χ1v) is 6.40. The fraction of sp³-hybridized carbons (Fsp3) is 0.500. The van der Waals surface area contributed by atoms with Gasteiger partial charge in [-0.3, -0.25) is 4.79 Å². The Labute approximate surface area is 108 Å². The summed E-state index contributed by atoms with van der Waals surface area (Å²) in [6.45, 7) is 4.59. The molecule has 3 N–H and O–H groups in total. The standard InChI is InChI=1S/C14H21N3O/c1-10-3-4-13(12(7-10)8-16-2)17-6-5-11(9-17)14(15)18/h3-4,7,11,16H,5-6,8-9H2,1-2H3,(H2,15,18). The highest BCUT2D eigenvalue weighted by Crippen LogP contribution is 2.27. The van der Waals surface area contributed by atoms with Gasteiger partial charge in [-0.25, -0.2) is 0 Å². The maximum Gasteiger partial charge on any atom is 0.222 e. The maximum absolute atomic E-state index is 11.2. The molecule has 1 atom stereocenters. The van der Waals surface area contributed by atoms with Crippen LogP contribution in [0.2, 0.25) is 0 Å². The molecule has 98 valence electrons. The molecular weight excluding hydrogens is 226 g/mol. The number of nitrogens with two attached hydrogens (primary N) is 1. The fourth-order valence-corrected chi connectivity index (χ4v) is 2.57. The minimum absolute atomic E-state index is 0.00580. The molecule has 1 saturated heterocycles. The van der Waals surface area contributed by atoms with Crippen molar-refractivity contribution in [3.8, 4) is 0 Å². The fourth-order valence-electron chi connectivity index (χ4n) is 2.57. The molecule has 0 radical (unpaired) electrons. The predicted molar refractivity (Wildman–Crippen MR) is 73.5 cm³/mol. The smallest absolute Gasteiger partial charge is 0.222 e. The van der Waals surface area contributed by atoms with Crippen LogP contribution in [0.15, 0.2) is 18.2 Å². The Morgan fingerprint density at radius 1 is 1.56 bits per heavy atom. The van der Waals surface area contributed by atoms with Gasteiger partial charge >= 0.3 is 0 Å². The number of primary amides is 1. The van der Waals surface area contributed by atoms with Gasteiger partial charge in [0.15, 0.2) is 0 Å². The Hall–Kier alpha value is -1.55. The number of benzene rings is 1. The van der Waals surface area contributed by atoms with Gasteiger partial charge in [-0.2, -0.15) is 0 Å². The summed E-state index contributed by atoms with van der Waals surface area (Å²) in [7, 11) is 1.95. The van der Waals surface area contributed by atoms with E-state index in [2.05, 4.69) is 35.3 Å². The number of hydrogen-bond acceptors (Lipinski definition) is 3. The van der Waals surface area contributed by atoms with Gasteiger partial charge in [0, 0.05) is 25.3 Å². The molecule has 1 amide bonds. The first-order valence-electron chi connectivity index (χ1n) is 6.40. The quantitative estimate of drug-likeness (QED) is 0.835. The van der Waals surface area contributed by atoms with E-state index in [-0.39, 0.29) is 11.8 Å². The first-order chi connectivity index (χ1) is 8.61. The first kappa shape index (κ1) is 12.9. The summed E-state index contributed by atoms with van der Waals surface area (Å²) in [5.41, 5.74) is 9.14. The van der Waals surface area contributed by atoms with Crippen molar-refractivity contribution in [1.82, 2.24) is 5.32 Å². The molecule has 0 saturated carbocycles. The van der Waals surface area contributed by atoms with Crippen molar-refractivity contribution in [2.75, 3.05) is 25.0 Å². The molecule has 1 heterocycles. The summed E-state index contributed by atoms with van der Waals surface area (Å²) >= 11 is 0. The molecule has 0 bridgehead atoms. The molecule has 1 unspecified atom stereocenters. The number of carbonyl (C=O) groups is 1. The van der Waals surface area contributed by atoms with Gasteiger partial charge < -0.3 is 16.0 Å². The third kappa shape index (κ3) is 2.64. The van der Waals surface area contributed by atoms with Crippen LogP contribution in [0.1, 0.15) is 17.5 Å². The average Bonchev–Trinajstić information content (AvgIpc) is 2.79. The van der Waals surface area contributed by atoms with E-state index in [1.807, 2.05) is 7.05 Å². The van der Waals surface area contributed by atoms with E-state index in [4.69, 9.17) is 5.73 Å². The second-order valence-corrected chi connectivity index (χ2v) is 5.00. The predicted octanol–water partition coefficient (Wildman–Crippen LogP) is 1.03. The van der Waals surface area contributed by atoms with Crippen LogP contribution in [0.4, 0.5) is 5.69 Å². The Morgan fingerprint density at radius 2 is 2.33 bits per heavy atom. The van der Waals surface area contributed by atoms with E-state index in [1.54, 1.807) is 0 Å². The van der Waals surface area contributed by atoms with Crippen molar-refractivity contribution >= 4 is 11.6 Å². The van der Waals surface area contributed by atoms with E-state index in [1.165, 1.54) is 16.8 Å². The molecule has 2 rings (SSSR count). The monoisotopic (exact) mass is 247 g/mol. The normalized spacial score (nSPS) is 19.2. The Morgan fingerprint density at radius 3 is 2.94 bits per heavy atom. The largest absolute Gasteiger partial charge is 0.370 e. The van der Waals surface area contributed by atoms with Crippen LogP contribution in [-0.2, 0) is 11.3 Å². The molecule has 1 aliphatic heterocycles. The highest BCUT2D eigenvalue weighted by Gasteiger charge is 2.27. The molecule has 4 nitrogen and oxygen atoms in total. The topological polar surface area (TPSA) is 58.4 Å². The van der Waals surface area contributed by atoms with Crippen LogP contribution in [0.5, 0.6) is 0 Å². The number of anilines is 1. The number of carbonyl (C=O) groups excluding carboxylic acids is 1. The lowest BCUT2D eigenvalue weighted by Gasteiger charge is -2.22. The van der Waals surface area contributed by atoms with Crippen LogP contribution in [0, 0.1) is 12.8 Å². The van der Waals surface area contributed by atoms with Gasteiger partial charge in [0.2, 0.25) is 5.91 Å². The molecule has 0 spiro atoms. The summed E-state index contributed by atoms with van der Waals surface area (Å²) < 4.78 is 0. The van der Waals surface area contributed by atoms with Crippen molar-refractivity contribution in [2.45, 2.75) is 19.9 Å². The number of amides is 1. The van der Waals surface area contributed by atoms with Crippen LogP contribution in [0.3, 0.4) is 0 Å². The van der Waals surface area contributed by atoms with Crippen LogP contribution in [0.25, 0.3) is 0 Å². The van der Waals surface area contributed by atoms with Gasteiger partial charge in [-0.1, -0.05) is 17.7 Å². The van der Waals surface area contributed by atoms with Crippen LogP contribution < -0.4 is 16.0 Å². The number of nitrogens with one attached hydrogen (secondary N) is 1. The van der Waals surface area contributed by atoms with Gasteiger partial charge in [-0.05, 0) is 32.0 Å². The number of rotatable bonds is 4. The second-order valence-electron chi connectivity index (χ2n) is 5.00. The third-order valence-corrected chi connectivity index (χ3v) is 3.53. The Kier molecular flexibility index (Phi) is 3.87.